The molecule has 0 saturated carbocycles. The molecule has 4 aromatic rings. The van der Waals surface area contributed by atoms with Crippen LogP contribution in [0.25, 0.3) is 16.7 Å². The van der Waals surface area contributed by atoms with E-state index in [1.165, 1.54) is 37.6 Å². The highest BCUT2D eigenvalue weighted by Crippen LogP contribution is 2.24. The number of H-pyrrole nitrogens is 1. The summed E-state index contributed by atoms with van der Waals surface area (Å²) in [5.41, 5.74) is -0.716. The molecule has 0 unspecified atom stereocenters. The Hall–Kier alpha value is -4.08. The lowest BCUT2D eigenvalue weighted by Crippen LogP contribution is -2.34. The van der Waals surface area contributed by atoms with Gasteiger partial charge in [0.25, 0.3) is 5.56 Å². The monoisotopic (exact) mass is 425 g/mol. The second-order valence-electron chi connectivity index (χ2n) is 6.63. The molecule has 0 bridgehead atoms. The highest BCUT2D eigenvalue weighted by atomic mass is 19.1. The quantitative estimate of drug-likeness (QED) is 0.492. The van der Waals surface area contributed by atoms with Gasteiger partial charge in [0.1, 0.15) is 11.2 Å². The van der Waals surface area contributed by atoms with Crippen LogP contribution in [-0.2, 0) is 6.42 Å². The standard InChI is InChI=1S/C21H17F2N5O3/c1-31-17-15(23)6-3-7-16(17)28-19(29)14-11-25-20(26-18(14)27-21(28)30)24-9-8-12-4-2-5-13(22)10-12/h2-7,10-11H,8-9H2,1H3,(H2,24,25,26,27,30). The lowest BCUT2D eigenvalue weighted by molar-refractivity contribution is 0.384. The Morgan fingerprint density at radius 3 is 2.74 bits per heavy atom. The first-order chi connectivity index (χ1) is 15.0. The van der Waals surface area contributed by atoms with Gasteiger partial charge in [-0.1, -0.05) is 18.2 Å². The van der Waals surface area contributed by atoms with E-state index in [9.17, 15) is 18.4 Å². The first-order valence-corrected chi connectivity index (χ1v) is 9.31. The van der Waals surface area contributed by atoms with Crippen molar-refractivity contribution in [3.8, 4) is 11.4 Å². The van der Waals surface area contributed by atoms with Crippen LogP contribution in [0, 0.1) is 11.6 Å². The topological polar surface area (TPSA) is 102 Å². The normalized spacial score (nSPS) is 10.9. The van der Waals surface area contributed by atoms with Crippen LogP contribution in [0.4, 0.5) is 14.7 Å². The fraction of sp³-hybridized carbons (Fsp3) is 0.143. The summed E-state index contributed by atoms with van der Waals surface area (Å²) in [7, 11) is 1.24. The molecule has 2 aromatic carbocycles. The molecule has 0 atom stereocenters. The predicted molar refractivity (Wildman–Crippen MR) is 111 cm³/mol. The number of benzene rings is 2. The fourth-order valence-electron chi connectivity index (χ4n) is 3.19. The van der Waals surface area contributed by atoms with Gasteiger partial charge in [0.2, 0.25) is 5.95 Å². The molecule has 10 heteroatoms. The maximum atomic E-state index is 14.0. The van der Waals surface area contributed by atoms with Gasteiger partial charge >= 0.3 is 5.69 Å². The summed E-state index contributed by atoms with van der Waals surface area (Å²) in [4.78, 5) is 36.3. The van der Waals surface area contributed by atoms with Gasteiger partial charge < -0.3 is 10.1 Å². The van der Waals surface area contributed by atoms with Crippen molar-refractivity contribution in [2.45, 2.75) is 6.42 Å². The van der Waals surface area contributed by atoms with Gasteiger partial charge in [-0.2, -0.15) is 4.98 Å². The van der Waals surface area contributed by atoms with E-state index in [2.05, 4.69) is 20.3 Å². The third-order valence-corrected chi connectivity index (χ3v) is 4.63. The molecule has 2 N–H and O–H groups in total. The number of halogens is 2. The van der Waals surface area contributed by atoms with E-state index in [0.717, 1.165) is 16.2 Å². The zero-order valence-corrected chi connectivity index (χ0v) is 16.4. The Kier molecular flexibility index (Phi) is 5.44. The summed E-state index contributed by atoms with van der Waals surface area (Å²) < 4.78 is 33.1. The lowest BCUT2D eigenvalue weighted by atomic mass is 10.1. The average Bonchev–Trinajstić information content (AvgIpc) is 2.74. The van der Waals surface area contributed by atoms with Crippen LogP contribution in [0.5, 0.6) is 5.75 Å². The largest absolute Gasteiger partial charge is 0.492 e. The molecule has 0 aliphatic rings. The van der Waals surface area contributed by atoms with Crippen molar-refractivity contribution in [2.24, 2.45) is 0 Å². The van der Waals surface area contributed by atoms with Crippen LogP contribution in [0.15, 0.2) is 58.3 Å². The van der Waals surface area contributed by atoms with Gasteiger partial charge in [-0.15, -0.1) is 0 Å². The number of methoxy groups -OCH3 is 1. The van der Waals surface area contributed by atoms with Crippen LogP contribution < -0.4 is 21.3 Å². The van der Waals surface area contributed by atoms with E-state index in [1.807, 2.05) is 0 Å². The molecule has 2 heterocycles. The number of hydrogen-bond acceptors (Lipinski definition) is 6. The molecule has 158 valence electrons. The summed E-state index contributed by atoms with van der Waals surface area (Å²) in [6.07, 6.45) is 1.80. The smallest absolute Gasteiger partial charge is 0.334 e. The number of aromatic amines is 1. The number of nitrogens with zero attached hydrogens (tertiary/aromatic N) is 3. The number of rotatable bonds is 6. The number of anilines is 1. The highest BCUT2D eigenvalue weighted by Gasteiger charge is 2.17. The minimum Gasteiger partial charge on any atom is -0.492 e. The molecular formula is C21H17F2N5O3. The van der Waals surface area contributed by atoms with Gasteiger partial charge in [-0.25, -0.2) is 23.1 Å². The van der Waals surface area contributed by atoms with Gasteiger partial charge in [0, 0.05) is 12.7 Å². The molecular weight excluding hydrogens is 408 g/mol. The molecule has 0 aliphatic carbocycles. The van der Waals surface area contributed by atoms with Gasteiger partial charge in [-0.3, -0.25) is 9.78 Å². The second kappa shape index (κ2) is 8.34. The fourth-order valence-corrected chi connectivity index (χ4v) is 3.19. The molecule has 8 nitrogen and oxygen atoms in total. The van der Waals surface area contributed by atoms with Crippen LogP contribution in [0.1, 0.15) is 5.56 Å². The molecule has 0 aliphatic heterocycles. The minimum absolute atomic E-state index is 0.0323. The maximum Gasteiger partial charge on any atom is 0.334 e. The molecule has 0 amide bonds. The van der Waals surface area contributed by atoms with Crippen LogP contribution >= 0.6 is 0 Å². The van der Waals surface area contributed by atoms with E-state index >= 15 is 0 Å². The molecule has 0 fully saturated rings. The first kappa shape index (κ1) is 20.2. The molecule has 2 aromatic heterocycles. The van der Waals surface area contributed by atoms with Crippen molar-refractivity contribution in [3.63, 3.8) is 0 Å². The Bertz CT molecular complexity index is 1380. The number of fused-ring (bicyclic) bond motifs is 1. The summed E-state index contributed by atoms with van der Waals surface area (Å²) >= 11 is 0. The molecule has 0 saturated heterocycles. The number of ether oxygens (including phenoxy) is 1. The van der Waals surface area contributed by atoms with Crippen LogP contribution in [0.2, 0.25) is 0 Å². The highest BCUT2D eigenvalue weighted by molar-refractivity contribution is 5.73. The van der Waals surface area contributed by atoms with Crippen molar-refractivity contribution in [2.75, 3.05) is 19.0 Å². The number of hydrogen-bond donors (Lipinski definition) is 2. The SMILES string of the molecule is COc1c(F)cccc1-n1c(=O)[nH]c2nc(NCCc3cccc(F)c3)ncc2c1=O. The van der Waals surface area contributed by atoms with E-state index < -0.39 is 17.1 Å². The zero-order valence-electron chi connectivity index (χ0n) is 16.4. The van der Waals surface area contributed by atoms with Gasteiger partial charge in [0.05, 0.1) is 12.8 Å². The Morgan fingerprint density at radius 1 is 1.16 bits per heavy atom. The first-order valence-electron chi connectivity index (χ1n) is 9.31. The Labute approximate surface area is 174 Å². The van der Waals surface area contributed by atoms with E-state index in [4.69, 9.17) is 4.74 Å². The molecule has 0 radical (unpaired) electrons. The predicted octanol–water partition coefficient (Wildman–Crippen LogP) is 2.41. The van der Waals surface area contributed by atoms with Crippen molar-refractivity contribution >= 4 is 17.0 Å². The average molecular weight is 425 g/mol. The van der Waals surface area contributed by atoms with E-state index in [0.29, 0.717) is 13.0 Å². The zero-order chi connectivity index (χ0) is 22.0. The van der Waals surface area contributed by atoms with Crippen LogP contribution in [0.3, 0.4) is 0 Å². The van der Waals surface area contributed by atoms with Crippen molar-refractivity contribution < 1.29 is 13.5 Å². The maximum absolute atomic E-state index is 14.0. The number of nitrogens with one attached hydrogen (secondary N) is 2. The molecule has 0 spiro atoms. The summed E-state index contributed by atoms with van der Waals surface area (Å²) in [5.74, 6) is -1.06. The number of para-hydroxylation sites is 1. The summed E-state index contributed by atoms with van der Waals surface area (Å²) in [5, 5.41) is 3.01. The van der Waals surface area contributed by atoms with Gasteiger partial charge in [-0.05, 0) is 36.2 Å². The van der Waals surface area contributed by atoms with Crippen molar-refractivity contribution in [1.82, 2.24) is 19.5 Å². The molecule has 4 rings (SSSR count). The Balaban J connectivity index is 1.65. The van der Waals surface area contributed by atoms with Crippen LogP contribution in [-0.4, -0.2) is 33.2 Å². The van der Waals surface area contributed by atoms with Crippen molar-refractivity contribution in [3.05, 3.63) is 86.7 Å². The third-order valence-electron chi connectivity index (χ3n) is 4.63. The third kappa shape index (κ3) is 4.00. The number of aromatic nitrogens is 4. The lowest BCUT2D eigenvalue weighted by Gasteiger charge is -2.11. The van der Waals surface area contributed by atoms with E-state index in [-0.39, 0.29) is 34.2 Å². The van der Waals surface area contributed by atoms with E-state index in [1.54, 1.807) is 12.1 Å². The van der Waals surface area contributed by atoms with Crippen molar-refractivity contribution in [1.29, 1.82) is 0 Å². The Morgan fingerprint density at radius 2 is 1.97 bits per heavy atom. The van der Waals surface area contributed by atoms with Gasteiger partial charge in [0.15, 0.2) is 17.2 Å². The summed E-state index contributed by atoms with van der Waals surface area (Å²) in [6.45, 7) is 0.413. The summed E-state index contributed by atoms with van der Waals surface area (Å²) in [6, 6.07) is 10.1. The molecule has 31 heavy (non-hydrogen) atoms. The second-order valence-corrected chi connectivity index (χ2v) is 6.63. The minimum atomic E-state index is -0.800.